The zero-order chi connectivity index (χ0) is 45.8. The predicted molar refractivity (Wildman–Crippen MR) is 182 cm³/mol. The molecule has 60 heavy (non-hydrogen) atoms. The minimum absolute atomic E-state index is 0.178. The van der Waals surface area contributed by atoms with Gasteiger partial charge in [0.1, 0.15) is 16.2 Å². The third-order valence-electron chi connectivity index (χ3n) is 7.96. The molecular weight excluding hydrogens is 890 g/mol. The van der Waals surface area contributed by atoms with Crippen molar-refractivity contribution in [2.45, 2.75) is 90.7 Å². The number of aryl methyl sites for hydroxylation is 2. The molecule has 0 atom stereocenters. The molecule has 0 bridgehead atoms. The molecule has 4 aromatic carbocycles. The Kier molecular flexibility index (Phi) is 12.8. The number of carbonyl (C=O) groups is 1. The van der Waals surface area contributed by atoms with Gasteiger partial charge in [-0.15, -0.1) is 0 Å². The first kappa shape index (κ1) is 48.0. The quantitative estimate of drug-likeness (QED) is 0.123. The molecule has 4 aromatic rings. The van der Waals surface area contributed by atoms with Gasteiger partial charge in [-0.05, 0) is 92.5 Å². The fraction of sp³-hybridized carbons (Fsp3) is 0.324. The minimum Gasteiger partial charge on any atom is -0.482 e. The molecule has 4 rings (SSSR count). The SMILES string of the molecule is Cc1cc(OCC(=O)OC(C)(C)C)cc(C)c1S(OS(=O)(=O)c1c(C(F)(F)F)c(C(F)(F)F)c(C(F)(F)F)c(C(F)(F)F)c1C(F)(F)F)(c1ccccc1)c1ccccc1. The van der Waals surface area contributed by atoms with E-state index in [9.17, 15) is 79.1 Å². The molecule has 0 spiro atoms. The molecule has 6 nitrogen and oxygen atoms in total. The molecule has 0 heterocycles. The normalized spacial score (nSPS) is 13.9. The summed E-state index contributed by atoms with van der Waals surface area (Å²) >= 11 is 0. The van der Waals surface area contributed by atoms with Gasteiger partial charge in [0.15, 0.2) is 6.61 Å². The molecule has 0 N–H and O–H groups in total. The molecular formula is C37H29F15O6S2. The van der Waals surface area contributed by atoms with Crippen molar-refractivity contribution in [3.05, 3.63) is 112 Å². The number of hydrogen-bond acceptors (Lipinski definition) is 6. The number of benzene rings is 4. The van der Waals surface area contributed by atoms with E-state index < -0.39 is 117 Å². The monoisotopic (exact) mass is 918 g/mol. The van der Waals surface area contributed by atoms with Crippen molar-refractivity contribution in [1.82, 2.24) is 0 Å². The fourth-order valence-corrected chi connectivity index (χ4v) is 12.2. The van der Waals surface area contributed by atoms with E-state index in [1.807, 2.05) is 0 Å². The average molecular weight is 919 g/mol. The topological polar surface area (TPSA) is 78.9 Å². The molecule has 330 valence electrons. The minimum atomic E-state index is -7.46. The van der Waals surface area contributed by atoms with Crippen LogP contribution in [0.5, 0.6) is 5.75 Å². The summed E-state index contributed by atoms with van der Waals surface area (Å²) in [4.78, 5) is 7.08. The number of carbonyl (C=O) groups excluding carboxylic acids is 1. The van der Waals surface area contributed by atoms with Crippen molar-refractivity contribution in [2.75, 3.05) is 6.61 Å². The van der Waals surface area contributed by atoms with Gasteiger partial charge in [-0.2, -0.15) is 74.3 Å². The lowest BCUT2D eigenvalue weighted by atomic mass is 9.89. The Balaban J connectivity index is 2.29. The van der Waals surface area contributed by atoms with Crippen LogP contribution in [0.3, 0.4) is 0 Å². The third-order valence-corrected chi connectivity index (χ3v) is 13.5. The Morgan fingerprint density at radius 3 is 1.18 bits per heavy atom. The molecule has 0 radical (unpaired) electrons. The van der Waals surface area contributed by atoms with Gasteiger partial charge >= 0.3 is 47.0 Å². The fourth-order valence-electron chi connectivity index (χ4n) is 6.21. The van der Waals surface area contributed by atoms with Gasteiger partial charge in [0, 0.05) is 14.7 Å². The Bertz CT molecular complexity index is 2230. The maximum Gasteiger partial charge on any atom is 0.418 e. The molecule has 0 saturated carbocycles. The van der Waals surface area contributed by atoms with Crippen LogP contribution in [-0.4, -0.2) is 26.6 Å². The maximum atomic E-state index is 14.9. The van der Waals surface area contributed by atoms with Crippen molar-refractivity contribution < 1.29 is 92.2 Å². The van der Waals surface area contributed by atoms with Crippen molar-refractivity contribution in [3.8, 4) is 5.75 Å². The highest BCUT2D eigenvalue weighted by Gasteiger charge is 2.63. The standard InChI is InChI=1S/C37H29F15O6S2/c1-19-16-21(56-18-24(53)57-32(3,4)5)17-20(2)30(19)59(22-12-8-6-9-13-22,23-14-10-7-11-15-23)58-60(54,55)31-28(36(47,48)49)26(34(41,42)43)25(33(38,39)40)27(35(44,45)46)29(31)37(50,51)52/h6-17H,18H2,1-5H3. The third kappa shape index (κ3) is 9.93. The van der Waals surface area contributed by atoms with Crippen LogP contribution < -0.4 is 4.74 Å². The summed E-state index contributed by atoms with van der Waals surface area (Å²) in [7, 11) is -12.0. The van der Waals surface area contributed by atoms with E-state index in [-0.39, 0.29) is 16.9 Å². The van der Waals surface area contributed by atoms with Gasteiger partial charge in [-0.3, -0.25) is 0 Å². The first-order valence-electron chi connectivity index (χ1n) is 16.5. The number of rotatable bonds is 9. The second-order valence-electron chi connectivity index (χ2n) is 13.7. The van der Waals surface area contributed by atoms with Crippen LogP contribution in [0.2, 0.25) is 0 Å². The van der Waals surface area contributed by atoms with Crippen LogP contribution in [0.4, 0.5) is 65.9 Å². The number of halogens is 15. The number of alkyl halides is 15. The molecule has 0 amide bonds. The summed E-state index contributed by atoms with van der Waals surface area (Å²) in [6.07, 6.45) is -36.1. The van der Waals surface area contributed by atoms with E-state index >= 15 is 0 Å². The Morgan fingerprint density at radius 2 is 0.867 bits per heavy atom. The molecule has 0 fully saturated rings. The smallest absolute Gasteiger partial charge is 0.418 e. The molecule has 0 aliphatic rings. The van der Waals surface area contributed by atoms with Crippen LogP contribution in [-0.2, 0) is 54.2 Å². The highest BCUT2D eigenvalue weighted by molar-refractivity contribution is 8.33. The van der Waals surface area contributed by atoms with E-state index in [1.54, 1.807) is 0 Å². The Morgan fingerprint density at radius 1 is 0.533 bits per heavy atom. The van der Waals surface area contributed by atoms with Crippen LogP contribution >= 0.6 is 10.3 Å². The average Bonchev–Trinajstić information content (AvgIpc) is 3.06. The summed E-state index contributed by atoms with van der Waals surface area (Å²) in [5, 5.41) is 0. The highest BCUT2D eigenvalue weighted by Crippen LogP contribution is 2.72. The summed E-state index contributed by atoms with van der Waals surface area (Å²) in [5.41, 5.74) is -23.2. The van der Waals surface area contributed by atoms with Crippen molar-refractivity contribution in [2.24, 2.45) is 0 Å². The van der Waals surface area contributed by atoms with Crippen LogP contribution in [0.1, 0.15) is 59.7 Å². The lowest BCUT2D eigenvalue weighted by Gasteiger charge is -2.42. The molecule has 23 heteroatoms. The van der Waals surface area contributed by atoms with Gasteiger partial charge in [-0.25, -0.2) is 8.42 Å². The van der Waals surface area contributed by atoms with Crippen LogP contribution in [0.15, 0.2) is 92.4 Å². The molecule has 0 unspecified atom stereocenters. The van der Waals surface area contributed by atoms with E-state index in [0.717, 1.165) is 60.7 Å². The van der Waals surface area contributed by atoms with Crippen molar-refractivity contribution >= 4 is 26.4 Å². The second-order valence-corrected chi connectivity index (χ2v) is 18.0. The first-order chi connectivity index (χ1) is 27.0. The van der Waals surface area contributed by atoms with Crippen molar-refractivity contribution in [3.63, 3.8) is 0 Å². The van der Waals surface area contributed by atoms with Crippen LogP contribution in [0, 0.1) is 13.8 Å². The van der Waals surface area contributed by atoms with Gasteiger partial charge in [0.2, 0.25) is 0 Å². The number of esters is 1. The van der Waals surface area contributed by atoms with E-state index in [4.69, 9.17) is 13.1 Å². The second kappa shape index (κ2) is 16.0. The van der Waals surface area contributed by atoms with Crippen LogP contribution in [0.25, 0.3) is 0 Å². The number of hydrogen-bond donors (Lipinski definition) is 0. The molecule has 0 aliphatic heterocycles. The Hall–Kier alpha value is -4.64. The molecule has 0 saturated heterocycles. The Labute approximate surface area is 332 Å². The van der Waals surface area contributed by atoms with Gasteiger partial charge in [-0.1, -0.05) is 36.4 Å². The largest absolute Gasteiger partial charge is 0.482 e. The zero-order valence-electron chi connectivity index (χ0n) is 31.1. The number of ether oxygens (including phenoxy) is 2. The zero-order valence-corrected chi connectivity index (χ0v) is 32.7. The van der Waals surface area contributed by atoms with Gasteiger partial charge < -0.3 is 9.47 Å². The summed E-state index contributed by atoms with van der Waals surface area (Å²) < 4.78 is 264. The van der Waals surface area contributed by atoms with Gasteiger partial charge in [0.05, 0.1) is 27.8 Å². The lowest BCUT2D eigenvalue weighted by Crippen LogP contribution is -2.34. The maximum absolute atomic E-state index is 14.9. The predicted octanol–water partition coefficient (Wildman–Crippen LogP) is 12.7. The first-order valence-corrected chi connectivity index (χ1v) is 19.5. The van der Waals surface area contributed by atoms with E-state index in [2.05, 4.69) is 0 Å². The van der Waals surface area contributed by atoms with Gasteiger partial charge in [0.25, 0.3) is 0 Å². The summed E-state index contributed by atoms with van der Waals surface area (Å²) in [6.45, 7) is 6.21. The highest BCUT2D eigenvalue weighted by atomic mass is 32.3. The summed E-state index contributed by atoms with van der Waals surface area (Å²) in [6, 6.07) is 13.4. The molecule has 0 aromatic heterocycles. The molecule has 0 aliphatic carbocycles. The lowest BCUT2D eigenvalue weighted by molar-refractivity contribution is -0.191. The van der Waals surface area contributed by atoms with Crippen molar-refractivity contribution in [1.29, 1.82) is 0 Å². The van der Waals surface area contributed by atoms with E-state index in [0.29, 0.717) is 0 Å². The summed E-state index contributed by atoms with van der Waals surface area (Å²) in [5.74, 6) is -1.07. The van der Waals surface area contributed by atoms with E-state index in [1.165, 1.54) is 46.8 Å².